The Kier molecular flexibility index (Phi) is 3.24. The van der Waals surface area contributed by atoms with E-state index in [2.05, 4.69) is 4.98 Å². The van der Waals surface area contributed by atoms with Crippen molar-refractivity contribution in [2.75, 3.05) is 13.7 Å². The SMILES string of the molecule is COCCc1ncc2n1CCCC2C(=O)O. The maximum Gasteiger partial charge on any atom is 0.312 e. The first-order valence-corrected chi connectivity index (χ1v) is 5.50. The van der Waals surface area contributed by atoms with E-state index < -0.39 is 11.9 Å². The van der Waals surface area contributed by atoms with Crippen LogP contribution in [0.15, 0.2) is 6.20 Å². The zero-order valence-electron chi connectivity index (χ0n) is 9.35. The third-order valence-corrected chi connectivity index (χ3v) is 3.03. The van der Waals surface area contributed by atoms with Gasteiger partial charge in [-0.3, -0.25) is 4.79 Å². The van der Waals surface area contributed by atoms with E-state index in [9.17, 15) is 4.79 Å². The molecular weight excluding hydrogens is 208 g/mol. The van der Waals surface area contributed by atoms with Gasteiger partial charge in [-0.15, -0.1) is 0 Å². The predicted molar refractivity (Wildman–Crippen MR) is 57.4 cm³/mol. The minimum atomic E-state index is -0.751. The van der Waals surface area contributed by atoms with Crippen LogP contribution in [0.5, 0.6) is 0 Å². The molecule has 1 unspecified atom stereocenters. The quantitative estimate of drug-likeness (QED) is 0.829. The number of imidazole rings is 1. The Balaban J connectivity index is 2.24. The molecule has 0 amide bonds. The molecular formula is C11H16N2O3. The molecule has 0 spiro atoms. The Hall–Kier alpha value is -1.36. The molecule has 2 rings (SSSR count). The number of carboxylic acids is 1. The third kappa shape index (κ3) is 1.95. The molecule has 0 saturated carbocycles. The van der Waals surface area contributed by atoms with E-state index in [1.165, 1.54) is 0 Å². The molecule has 16 heavy (non-hydrogen) atoms. The Morgan fingerprint density at radius 1 is 1.75 bits per heavy atom. The van der Waals surface area contributed by atoms with Gasteiger partial charge in [0.25, 0.3) is 0 Å². The second kappa shape index (κ2) is 4.65. The van der Waals surface area contributed by atoms with Crippen LogP contribution >= 0.6 is 0 Å². The Morgan fingerprint density at radius 2 is 2.56 bits per heavy atom. The summed E-state index contributed by atoms with van der Waals surface area (Å²) in [5, 5.41) is 9.10. The van der Waals surface area contributed by atoms with Gasteiger partial charge < -0.3 is 14.4 Å². The van der Waals surface area contributed by atoms with Gasteiger partial charge in [-0.2, -0.15) is 0 Å². The molecule has 2 heterocycles. The lowest BCUT2D eigenvalue weighted by atomic mass is 9.96. The molecule has 88 valence electrons. The summed E-state index contributed by atoms with van der Waals surface area (Å²) < 4.78 is 7.04. The average molecular weight is 224 g/mol. The van der Waals surface area contributed by atoms with Crippen molar-refractivity contribution >= 4 is 5.97 Å². The highest BCUT2D eigenvalue weighted by molar-refractivity contribution is 5.75. The summed E-state index contributed by atoms with van der Waals surface area (Å²) in [4.78, 5) is 15.4. The number of aromatic nitrogens is 2. The van der Waals surface area contributed by atoms with Gasteiger partial charge in [0.15, 0.2) is 0 Å². The number of hydrogen-bond donors (Lipinski definition) is 1. The van der Waals surface area contributed by atoms with Gasteiger partial charge in [0.1, 0.15) is 5.82 Å². The van der Waals surface area contributed by atoms with Crippen LogP contribution in [0.4, 0.5) is 0 Å². The first-order chi connectivity index (χ1) is 7.74. The molecule has 5 nitrogen and oxygen atoms in total. The molecule has 1 aromatic heterocycles. The van der Waals surface area contributed by atoms with Crippen LogP contribution in [0, 0.1) is 0 Å². The molecule has 0 bridgehead atoms. The van der Waals surface area contributed by atoms with Gasteiger partial charge in [0, 0.05) is 26.3 Å². The first kappa shape index (κ1) is 11.1. The van der Waals surface area contributed by atoms with Crippen LogP contribution in [-0.4, -0.2) is 34.3 Å². The number of aliphatic carboxylic acids is 1. The molecule has 0 aromatic carbocycles. The lowest BCUT2D eigenvalue weighted by Crippen LogP contribution is -2.22. The van der Waals surface area contributed by atoms with E-state index in [1.807, 2.05) is 4.57 Å². The summed E-state index contributed by atoms with van der Waals surface area (Å²) in [7, 11) is 1.65. The summed E-state index contributed by atoms with van der Waals surface area (Å²) in [5.74, 6) is -0.209. The molecule has 1 N–H and O–H groups in total. The number of nitrogens with zero attached hydrogens (tertiary/aromatic N) is 2. The summed E-state index contributed by atoms with van der Waals surface area (Å²) in [5.41, 5.74) is 0.838. The highest BCUT2D eigenvalue weighted by Crippen LogP contribution is 2.28. The van der Waals surface area contributed by atoms with E-state index in [1.54, 1.807) is 13.3 Å². The Labute approximate surface area is 94.1 Å². The highest BCUT2D eigenvalue weighted by atomic mass is 16.5. The first-order valence-electron chi connectivity index (χ1n) is 5.50. The molecule has 1 atom stereocenters. The number of fused-ring (bicyclic) bond motifs is 1. The van der Waals surface area contributed by atoms with Gasteiger partial charge >= 0.3 is 5.97 Å². The second-order valence-electron chi connectivity index (χ2n) is 4.03. The van der Waals surface area contributed by atoms with Gasteiger partial charge in [0.2, 0.25) is 0 Å². The topological polar surface area (TPSA) is 64.4 Å². The minimum absolute atomic E-state index is 0.391. The van der Waals surface area contributed by atoms with E-state index in [-0.39, 0.29) is 0 Å². The number of ether oxygens (including phenoxy) is 1. The van der Waals surface area contributed by atoms with Crippen molar-refractivity contribution < 1.29 is 14.6 Å². The number of methoxy groups -OCH3 is 1. The van der Waals surface area contributed by atoms with E-state index in [0.717, 1.165) is 30.9 Å². The van der Waals surface area contributed by atoms with Crippen molar-refractivity contribution in [2.24, 2.45) is 0 Å². The largest absolute Gasteiger partial charge is 0.481 e. The van der Waals surface area contributed by atoms with Crippen molar-refractivity contribution in [3.05, 3.63) is 17.7 Å². The van der Waals surface area contributed by atoms with Crippen LogP contribution in [-0.2, 0) is 22.5 Å². The van der Waals surface area contributed by atoms with Crippen molar-refractivity contribution in [3.63, 3.8) is 0 Å². The summed E-state index contributed by atoms with van der Waals surface area (Å²) in [6.45, 7) is 1.49. The van der Waals surface area contributed by atoms with Gasteiger partial charge in [-0.05, 0) is 12.8 Å². The van der Waals surface area contributed by atoms with Crippen LogP contribution < -0.4 is 0 Å². The van der Waals surface area contributed by atoms with E-state index >= 15 is 0 Å². The zero-order chi connectivity index (χ0) is 11.5. The molecule has 0 radical (unpaired) electrons. The average Bonchev–Trinajstić information content (AvgIpc) is 2.69. The maximum atomic E-state index is 11.1. The highest BCUT2D eigenvalue weighted by Gasteiger charge is 2.28. The van der Waals surface area contributed by atoms with Gasteiger partial charge in [0.05, 0.1) is 18.2 Å². The minimum Gasteiger partial charge on any atom is -0.481 e. The number of carboxylic acid groups (broad SMARTS) is 1. The molecule has 1 aliphatic rings. The van der Waals surface area contributed by atoms with Gasteiger partial charge in [-0.25, -0.2) is 4.98 Å². The van der Waals surface area contributed by atoms with E-state index in [0.29, 0.717) is 13.0 Å². The zero-order valence-corrected chi connectivity index (χ0v) is 9.35. The van der Waals surface area contributed by atoms with Crippen molar-refractivity contribution in [2.45, 2.75) is 31.7 Å². The molecule has 1 aromatic rings. The molecule has 5 heteroatoms. The number of hydrogen-bond acceptors (Lipinski definition) is 3. The monoisotopic (exact) mass is 224 g/mol. The summed E-state index contributed by atoms with van der Waals surface area (Å²) in [6.07, 6.45) is 4.05. The fourth-order valence-electron chi connectivity index (χ4n) is 2.21. The lowest BCUT2D eigenvalue weighted by molar-refractivity contribution is -0.139. The second-order valence-corrected chi connectivity index (χ2v) is 4.03. The standard InChI is InChI=1S/C11H16N2O3/c1-16-6-4-10-12-7-9-8(11(14)15)3-2-5-13(9)10/h7-8H,2-6H2,1H3,(H,14,15). The van der Waals surface area contributed by atoms with Crippen molar-refractivity contribution in [1.82, 2.24) is 9.55 Å². The maximum absolute atomic E-state index is 11.1. The van der Waals surface area contributed by atoms with Gasteiger partial charge in [-0.1, -0.05) is 0 Å². The molecule has 0 aliphatic carbocycles. The number of rotatable bonds is 4. The molecule has 1 aliphatic heterocycles. The van der Waals surface area contributed by atoms with Crippen LogP contribution in [0.25, 0.3) is 0 Å². The summed E-state index contributed by atoms with van der Waals surface area (Å²) in [6, 6.07) is 0. The summed E-state index contributed by atoms with van der Waals surface area (Å²) >= 11 is 0. The molecule has 0 fully saturated rings. The normalized spacial score (nSPS) is 19.4. The van der Waals surface area contributed by atoms with Crippen molar-refractivity contribution in [1.29, 1.82) is 0 Å². The fraction of sp³-hybridized carbons (Fsp3) is 0.636. The fourth-order valence-corrected chi connectivity index (χ4v) is 2.21. The number of carbonyl (C=O) groups is 1. The molecule has 0 saturated heterocycles. The van der Waals surface area contributed by atoms with E-state index in [4.69, 9.17) is 9.84 Å². The van der Waals surface area contributed by atoms with Crippen molar-refractivity contribution in [3.8, 4) is 0 Å². The smallest absolute Gasteiger partial charge is 0.312 e. The Bertz CT molecular complexity index is 387. The third-order valence-electron chi connectivity index (χ3n) is 3.03. The van der Waals surface area contributed by atoms with Crippen LogP contribution in [0.2, 0.25) is 0 Å². The Morgan fingerprint density at radius 3 is 3.25 bits per heavy atom. The van der Waals surface area contributed by atoms with Crippen LogP contribution in [0.1, 0.15) is 30.3 Å². The predicted octanol–water partition coefficient (Wildman–Crippen LogP) is 1.03. The van der Waals surface area contributed by atoms with Crippen LogP contribution in [0.3, 0.4) is 0 Å². The lowest BCUT2D eigenvalue weighted by Gasteiger charge is -2.22.